The molecule has 0 radical (unpaired) electrons. The quantitative estimate of drug-likeness (QED) is 0.613. The minimum atomic E-state index is -0.175. The molecule has 0 saturated heterocycles. The first-order valence-electron chi connectivity index (χ1n) is 8.79. The summed E-state index contributed by atoms with van der Waals surface area (Å²) in [5.74, 6) is -0.175. The van der Waals surface area contributed by atoms with Gasteiger partial charge in [0.2, 0.25) is 5.91 Å². The molecule has 0 aliphatic rings. The normalized spacial score (nSPS) is 10.9. The number of rotatable bonds is 7. The maximum Gasteiger partial charge on any atom is 0.230 e. The van der Waals surface area contributed by atoms with Gasteiger partial charge in [0.15, 0.2) is 0 Å². The molecule has 3 rings (SSSR count). The van der Waals surface area contributed by atoms with Crippen molar-refractivity contribution in [3.8, 4) is 0 Å². The monoisotopic (exact) mass is 418 g/mol. The third-order valence-electron chi connectivity index (χ3n) is 4.33. The first kappa shape index (κ1) is 20.3. The Bertz CT molecular complexity index is 988. The molecule has 0 atom stereocenters. The van der Waals surface area contributed by atoms with E-state index in [4.69, 9.17) is 28.3 Å². The van der Waals surface area contributed by atoms with E-state index >= 15 is 0 Å². The van der Waals surface area contributed by atoms with Gasteiger partial charge in [-0.1, -0.05) is 46.6 Å². The molecule has 3 aromatic rings. The Hall–Kier alpha value is -2.41. The van der Waals surface area contributed by atoms with Crippen molar-refractivity contribution >= 4 is 34.8 Å². The summed E-state index contributed by atoms with van der Waals surface area (Å²) in [6.45, 7) is 2.43. The predicted molar refractivity (Wildman–Crippen MR) is 110 cm³/mol. The molecule has 8 heteroatoms. The molecule has 0 aliphatic carbocycles. The number of carbonyl (C=O) groups excluding carboxylic acids is 1. The third-order valence-corrected chi connectivity index (χ3v) is 5.07. The summed E-state index contributed by atoms with van der Waals surface area (Å²) < 4.78 is 1.73. The minimum Gasteiger partial charge on any atom is -0.396 e. The molecule has 2 aromatic carbocycles. The van der Waals surface area contributed by atoms with Gasteiger partial charge < -0.3 is 10.4 Å². The molecule has 28 heavy (non-hydrogen) atoms. The van der Waals surface area contributed by atoms with Crippen molar-refractivity contribution in [2.45, 2.75) is 26.3 Å². The zero-order chi connectivity index (χ0) is 20.1. The van der Waals surface area contributed by atoms with E-state index in [2.05, 4.69) is 15.6 Å². The van der Waals surface area contributed by atoms with Crippen molar-refractivity contribution in [3.05, 3.63) is 75.0 Å². The zero-order valence-corrected chi connectivity index (χ0v) is 16.8. The summed E-state index contributed by atoms with van der Waals surface area (Å²) in [6.07, 6.45) is 0.670. The van der Waals surface area contributed by atoms with Crippen LogP contribution in [0.2, 0.25) is 10.0 Å². The molecular formula is C20H20Cl2N4O2. The number of aliphatic hydroxyl groups is 1. The number of hydrogen-bond acceptors (Lipinski definition) is 4. The topological polar surface area (TPSA) is 80.0 Å². The lowest BCUT2D eigenvalue weighted by Crippen LogP contribution is -2.15. The van der Waals surface area contributed by atoms with Crippen LogP contribution in [0.4, 0.5) is 5.69 Å². The van der Waals surface area contributed by atoms with E-state index in [0.29, 0.717) is 34.4 Å². The standard InChI is InChI=1S/C20H20Cl2N4O2/c1-13-19(11-20(28)23-16-4-2-3-14(9-16)7-8-27)24-25-26(13)12-15-5-6-17(21)18(22)10-15/h2-6,9-10,27H,7-8,11-12H2,1H3,(H,23,28). The highest BCUT2D eigenvalue weighted by atomic mass is 35.5. The minimum absolute atomic E-state index is 0.0680. The Morgan fingerprint density at radius 2 is 1.96 bits per heavy atom. The molecule has 0 fully saturated rings. The number of amides is 1. The lowest BCUT2D eigenvalue weighted by Gasteiger charge is -2.07. The Balaban J connectivity index is 1.65. The molecule has 6 nitrogen and oxygen atoms in total. The molecule has 0 saturated carbocycles. The second kappa shape index (κ2) is 9.19. The van der Waals surface area contributed by atoms with Gasteiger partial charge in [-0.2, -0.15) is 0 Å². The van der Waals surface area contributed by atoms with E-state index < -0.39 is 0 Å². The van der Waals surface area contributed by atoms with E-state index in [-0.39, 0.29) is 18.9 Å². The van der Waals surface area contributed by atoms with Crippen molar-refractivity contribution < 1.29 is 9.90 Å². The molecule has 1 aromatic heterocycles. The number of benzene rings is 2. The molecule has 0 aliphatic heterocycles. The van der Waals surface area contributed by atoms with Crippen LogP contribution < -0.4 is 5.32 Å². The molecular weight excluding hydrogens is 399 g/mol. The van der Waals surface area contributed by atoms with Gasteiger partial charge in [-0.05, 0) is 48.7 Å². The number of anilines is 1. The highest BCUT2D eigenvalue weighted by Crippen LogP contribution is 2.23. The maximum atomic E-state index is 12.4. The summed E-state index contributed by atoms with van der Waals surface area (Å²) in [5.41, 5.74) is 4.03. The zero-order valence-electron chi connectivity index (χ0n) is 15.3. The average molecular weight is 419 g/mol. The number of nitrogens with zero attached hydrogens (tertiary/aromatic N) is 3. The van der Waals surface area contributed by atoms with Crippen LogP contribution in [-0.4, -0.2) is 32.6 Å². The van der Waals surface area contributed by atoms with Gasteiger partial charge in [-0.3, -0.25) is 4.79 Å². The van der Waals surface area contributed by atoms with Gasteiger partial charge in [0, 0.05) is 12.3 Å². The molecule has 0 spiro atoms. The van der Waals surface area contributed by atoms with Gasteiger partial charge in [0.1, 0.15) is 0 Å². The molecule has 146 valence electrons. The number of aliphatic hydroxyl groups excluding tert-OH is 1. The van der Waals surface area contributed by atoms with Crippen LogP contribution in [0.5, 0.6) is 0 Å². The Morgan fingerprint density at radius 1 is 1.14 bits per heavy atom. The van der Waals surface area contributed by atoms with Crippen molar-refractivity contribution in [1.29, 1.82) is 0 Å². The van der Waals surface area contributed by atoms with Gasteiger partial charge in [0.25, 0.3) is 0 Å². The number of nitrogens with one attached hydrogen (secondary N) is 1. The fourth-order valence-electron chi connectivity index (χ4n) is 2.81. The first-order chi connectivity index (χ1) is 13.5. The van der Waals surface area contributed by atoms with Crippen LogP contribution in [0.1, 0.15) is 22.5 Å². The average Bonchev–Trinajstić information content (AvgIpc) is 2.98. The first-order valence-corrected chi connectivity index (χ1v) is 9.54. The Morgan fingerprint density at radius 3 is 2.71 bits per heavy atom. The van der Waals surface area contributed by atoms with E-state index in [1.54, 1.807) is 16.8 Å². The Labute approximate surface area is 173 Å². The summed E-state index contributed by atoms with van der Waals surface area (Å²) in [4.78, 5) is 12.4. The van der Waals surface area contributed by atoms with Crippen LogP contribution in [-0.2, 0) is 24.2 Å². The lowest BCUT2D eigenvalue weighted by molar-refractivity contribution is -0.115. The van der Waals surface area contributed by atoms with Gasteiger partial charge in [-0.25, -0.2) is 4.68 Å². The fourth-order valence-corrected chi connectivity index (χ4v) is 3.13. The summed E-state index contributed by atoms with van der Waals surface area (Å²) in [7, 11) is 0. The van der Waals surface area contributed by atoms with Crippen molar-refractivity contribution in [3.63, 3.8) is 0 Å². The second-order valence-electron chi connectivity index (χ2n) is 6.43. The SMILES string of the molecule is Cc1c(CC(=O)Nc2cccc(CCO)c2)nnn1Cc1ccc(Cl)c(Cl)c1. The van der Waals surface area contributed by atoms with E-state index in [1.807, 2.05) is 37.3 Å². The molecule has 0 unspecified atom stereocenters. The maximum absolute atomic E-state index is 12.4. The number of hydrogen-bond donors (Lipinski definition) is 2. The third kappa shape index (κ3) is 5.10. The van der Waals surface area contributed by atoms with Crippen LogP contribution in [0.3, 0.4) is 0 Å². The van der Waals surface area contributed by atoms with E-state index in [9.17, 15) is 4.79 Å². The van der Waals surface area contributed by atoms with E-state index in [0.717, 1.165) is 16.8 Å². The molecule has 0 bridgehead atoms. The van der Waals surface area contributed by atoms with Crippen LogP contribution in [0.25, 0.3) is 0 Å². The molecule has 1 heterocycles. The van der Waals surface area contributed by atoms with Crippen LogP contribution >= 0.6 is 23.2 Å². The van der Waals surface area contributed by atoms with Gasteiger partial charge >= 0.3 is 0 Å². The molecule has 1 amide bonds. The fraction of sp³-hybridized carbons (Fsp3) is 0.250. The second-order valence-corrected chi connectivity index (χ2v) is 7.24. The largest absolute Gasteiger partial charge is 0.396 e. The highest BCUT2D eigenvalue weighted by Gasteiger charge is 2.14. The Kier molecular flexibility index (Phi) is 6.67. The molecule has 2 N–H and O–H groups in total. The summed E-state index contributed by atoms with van der Waals surface area (Å²) >= 11 is 12.0. The van der Waals surface area contributed by atoms with Crippen molar-refractivity contribution in [2.24, 2.45) is 0 Å². The summed E-state index contributed by atoms with van der Waals surface area (Å²) in [5, 5.41) is 21.2. The number of aromatic nitrogens is 3. The predicted octanol–water partition coefficient (Wildman–Crippen LogP) is 3.66. The highest BCUT2D eigenvalue weighted by molar-refractivity contribution is 6.42. The van der Waals surface area contributed by atoms with Gasteiger partial charge in [0.05, 0.1) is 34.4 Å². The van der Waals surface area contributed by atoms with Crippen molar-refractivity contribution in [1.82, 2.24) is 15.0 Å². The van der Waals surface area contributed by atoms with Crippen LogP contribution in [0.15, 0.2) is 42.5 Å². The summed E-state index contributed by atoms with van der Waals surface area (Å²) in [6, 6.07) is 12.8. The van der Waals surface area contributed by atoms with Crippen molar-refractivity contribution in [2.75, 3.05) is 11.9 Å². The van der Waals surface area contributed by atoms with E-state index in [1.165, 1.54) is 0 Å². The number of halogens is 2. The lowest BCUT2D eigenvalue weighted by atomic mass is 10.1. The smallest absolute Gasteiger partial charge is 0.230 e. The number of carbonyl (C=O) groups is 1. The van der Waals surface area contributed by atoms with Crippen LogP contribution in [0, 0.1) is 6.92 Å². The van der Waals surface area contributed by atoms with Gasteiger partial charge in [-0.15, -0.1) is 5.10 Å².